The summed E-state index contributed by atoms with van der Waals surface area (Å²) in [5.41, 5.74) is 0. The van der Waals surface area contributed by atoms with Crippen LogP contribution in [0.4, 0.5) is 4.39 Å². The number of amides is 1. The van der Waals surface area contributed by atoms with Gasteiger partial charge >= 0.3 is 0 Å². The van der Waals surface area contributed by atoms with Gasteiger partial charge in [0.1, 0.15) is 30.6 Å². The van der Waals surface area contributed by atoms with Crippen molar-refractivity contribution >= 4 is 5.91 Å². The fraction of sp³-hybridized carbons (Fsp3) is 0.342. The molecule has 1 rings (SSSR count). The molecule has 2 unspecified atom stereocenters. The molecule has 9 heteroatoms. The molecule has 0 aromatic heterocycles. The molecule has 47 heavy (non-hydrogen) atoms. The van der Waals surface area contributed by atoms with Crippen molar-refractivity contribution in [3.05, 3.63) is 0 Å². The van der Waals surface area contributed by atoms with E-state index in [-0.39, 0.29) is 40.7 Å². The van der Waals surface area contributed by atoms with E-state index in [1.54, 1.807) is 13.8 Å². The number of hydrogen-bond donors (Lipinski definition) is 5. The molecule has 1 fully saturated rings. The van der Waals surface area contributed by atoms with Gasteiger partial charge in [0.15, 0.2) is 6.29 Å². The largest absolute Gasteiger partial charge is 0.394 e. The minimum atomic E-state index is -1.67. The number of alkyl halides is 1. The Bertz CT molecular complexity index is 1960. The van der Waals surface area contributed by atoms with Gasteiger partial charge < -0.3 is 35.2 Å². The van der Waals surface area contributed by atoms with Crippen molar-refractivity contribution in [1.29, 1.82) is 0 Å². The van der Waals surface area contributed by atoms with Gasteiger partial charge in [-0.2, -0.15) is 0 Å². The van der Waals surface area contributed by atoms with E-state index in [4.69, 9.17) is 9.47 Å². The zero-order chi connectivity index (χ0) is 34.5. The maximum atomic E-state index is 14.7. The highest BCUT2D eigenvalue weighted by atomic mass is 19.1. The average Bonchev–Trinajstić information content (AvgIpc) is 3.06. The first-order valence-corrected chi connectivity index (χ1v) is 13.6. The van der Waals surface area contributed by atoms with Gasteiger partial charge in [0, 0.05) is 75.7 Å². The minimum Gasteiger partial charge on any atom is -0.394 e. The van der Waals surface area contributed by atoms with E-state index in [0.29, 0.717) is 6.42 Å². The van der Waals surface area contributed by atoms with Gasteiger partial charge in [0.2, 0.25) is 0 Å². The van der Waals surface area contributed by atoms with E-state index in [1.165, 1.54) is 0 Å². The first kappa shape index (κ1) is 38.9. The van der Waals surface area contributed by atoms with Crippen molar-refractivity contribution in [2.45, 2.75) is 69.6 Å². The Labute approximate surface area is 310 Å². The molecule has 280 valence electrons. The van der Waals surface area contributed by atoms with Crippen LogP contribution in [0.5, 0.6) is 0 Å². The Kier molecular flexibility index (Phi) is 20.9. The lowest BCUT2D eigenvalue weighted by Gasteiger charge is -2.40. The third-order valence-corrected chi connectivity index (χ3v) is 5.22. The number of aliphatic hydroxyl groups is 4. The quantitative estimate of drug-likeness (QED) is 0.242. The summed E-state index contributed by atoms with van der Waals surface area (Å²) in [5.74, 6) is 57.9. The third kappa shape index (κ3) is 17.7. The fourth-order valence-electron chi connectivity index (χ4n) is 3.10. The van der Waals surface area contributed by atoms with Crippen LogP contribution in [0.25, 0.3) is 0 Å². The summed E-state index contributed by atoms with van der Waals surface area (Å²) in [6.45, 7) is 2.32. The second kappa shape index (κ2) is 25.2. The molecule has 7 atom stereocenters. The number of nitrogens with one attached hydrogen (secondary N) is 1. The van der Waals surface area contributed by atoms with Crippen LogP contribution in [0.2, 0.25) is 0 Å². The van der Waals surface area contributed by atoms with Crippen molar-refractivity contribution in [2.24, 2.45) is 0 Å². The van der Waals surface area contributed by atoms with Crippen LogP contribution >= 0.6 is 0 Å². The maximum absolute atomic E-state index is 14.7. The van der Waals surface area contributed by atoms with Crippen molar-refractivity contribution in [2.75, 3.05) is 13.2 Å². The molecule has 1 aliphatic rings. The summed E-state index contributed by atoms with van der Waals surface area (Å²) in [4.78, 5) is 12.2. The van der Waals surface area contributed by atoms with Gasteiger partial charge in [-0.15, -0.1) is 0 Å². The van der Waals surface area contributed by atoms with Crippen LogP contribution < -0.4 is 5.32 Å². The summed E-state index contributed by atoms with van der Waals surface area (Å²) in [6.07, 6.45) is -8.55. The second-order valence-corrected chi connectivity index (χ2v) is 8.54. The Morgan fingerprint density at radius 3 is 1.57 bits per heavy atom. The van der Waals surface area contributed by atoms with Crippen LogP contribution in [-0.2, 0) is 14.3 Å². The molecule has 5 N–H and O–H groups in total. The van der Waals surface area contributed by atoms with Crippen LogP contribution in [0.3, 0.4) is 0 Å². The summed E-state index contributed by atoms with van der Waals surface area (Å²) in [6, 6.07) is -1.18. The monoisotopic (exact) mass is 676 g/mol. The summed E-state index contributed by atoms with van der Waals surface area (Å²) < 4.78 is 25.3. The van der Waals surface area contributed by atoms with Gasteiger partial charge in [-0.05, 0) is 108 Å². The molecule has 0 aromatic carbocycles. The Hall–Kier alpha value is -6.12. The molecule has 1 saturated heterocycles. The van der Waals surface area contributed by atoms with Gasteiger partial charge in [-0.3, -0.25) is 4.79 Å². The zero-order valence-electron chi connectivity index (χ0n) is 25.3. The number of carbonyl (C=O) groups excluding carboxylic acids is 1. The number of hydrogen-bond acceptors (Lipinski definition) is 7. The lowest BCUT2D eigenvalue weighted by Crippen LogP contribution is -2.59. The standard InChI is InChI=1S/C38H26FNO7.24H2/c1-3-5-6-7-8-9-10-11-12-13-14-15-16-17-18-19-20-21-22-23-24-25-26-28-34(42)40-32(31(39)27-4-2)30-46-38-37(45)36(44)35(43)33(29-41)47-38;;;;;;;;;;;;;;;;;;;;;;;;/h31-33,35-38,41,43-45H,4,27,29-30H2,1-2H3,(H,40,42);24*1H/t31-,32+,33?,35+,36+,37?,38+;;;;;;;;;;;;;;;;;;;;;;;;/m1......................../s1. The van der Waals surface area contributed by atoms with Crippen molar-refractivity contribution in [3.8, 4) is 142 Å². The number of aliphatic hydroxyl groups excluding tert-OH is 4. The Balaban J connectivity index is -0.0000000418. The molecule has 1 heterocycles. The van der Waals surface area contributed by atoms with Crippen molar-refractivity contribution in [1.82, 2.24) is 5.32 Å². The van der Waals surface area contributed by atoms with Gasteiger partial charge in [-0.25, -0.2) is 4.39 Å². The van der Waals surface area contributed by atoms with Crippen molar-refractivity contribution < 1.29 is 73.3 Å². The predicted octanol–water partition coefficient (Wildman–Crippen LogP) is 4.39. The number of carbonyl (C=O) groups is 1. The highest BCUT2D eigenvalue weighted by molar-refractivity contribution is 5.94. The van der Waals surface area contributed by atoms with Crippen LogP contribution in [0, 0.1) is 142 Å². The molecule has 0 saturated carbocycles. The maximum Gasteiger partial charge on any atom is 0.297 e. The van der Waals surface area contributed by atoms with Crippen LogP contribution in [0.15, 0.2) is 0 Å². The zero-order valence-corrected chi connectivity index (χ0v) is 25.3. The molecule has 0 bridgehead atoms. The molecule has 0 spiro atoms. The highest BCUT2D eigenvalue weighted by Crippen LogP contribution is 2.22. The van der Waals surface area contributed by atoms with E-state index in [9.17, 15) is 29.6 Å². The molecule has 0 radical (unpaired) electrons. The SMILES string of the molecule is CC#CC#CC#CC#CC#CC#CC#CC#CC#CC#CC#CC#CC(=O)N[C@@H](CO[C@H]1OC(CO)[C@H](O)[C@H](O)C1O)[C@H](F)CCC.[HH].[HH].[HH].[HH].[HH].[HH].[HH].[HH].[HH].[HH].[HH].[HH].[HH].[HH].[HH].[HH].[HH].[HH].[HH].[HH].[HH].[HH].[HH].[HH]. The Morgan fingerprint density at radius 2 is 1.17 bits per heavy atom. The summed E-state index contributed by atoms with van der Waals surface area (Å²) in [7, 11) is 0. The van der Waals surface area contributed by atoms with E-state index >= 15 is 0 Å². The van der Waals surface area contributed by atoms with Crippen LogP contribution in [0.1, 0.15) is 60.9 Å². The first-order valence-electron chi connectivity index (χ1n) is 13.6. The highest BCUT2D eigenvalue weighted by Gasteiger charge is 2.44. The van der Waals surface area contributed by atoms with Gasteiger partial charge in [-0.1, -0.05) is 19.3 Å². The predicted molar refractivity (Wildman–Crippen MR) is 221 cm³/mol. The molecule has 1 aliphatic heterocycles. The average molecular weight is 676 g/mol. The minimum absolute atomic E-state index is 0. The number of halogens is 1. The molecular formula is C38H74FNO7. The summed E-state index contributed by atoms with van der Waals surface area (Å²) >= 11 is 0. The topological polar surface area (TPSA) is 128 Å². The van der Waals surface area contributed by atoms with E-state index < -0.39 is 62.0 Å². The molecule has 0 aromatic rings. The third-order valence-electron chi connectivity index (χ3n) is 5.22. The number of rotatable bonds is 8. The normalized spacial score (nSPS) is 18.7. The Morgan fingerprint density at radius 1 is 0.745 bits per heavy atom. The first-order chi connectivity index (χ1) is 22.8. The molecule has 8 nitrogen and oxygen atoms in total. The second-order valence-electron chi connectivity index (χ2n) is 8.54. The van der Waals surface area contributed by atoms with Crippen LogP contribution in [-0.4, -0.2) is 82.5 Å². The van der Waals surface area contributed by atoms with Gasteiger partial charge in [0.25, 0.3) is 5.91 Å². The summed E-state index contributed by atoms with van der Waals surface area (Å²) in [5, 5.41) is 41.5. The number of ether oxygens (including phenoxy) is 2. The fourth-order valence-corrected chi connectivity index (χ4v) is 3.10. The van der Waals surface area contributed by atoms with E-state index in [2.05, 4.69) is 147 Å². The molecular weight excluding hydrogens is 601 g/mol. The van der Waals surface area contributed by atoms with E-state index in [1.807, 2.05) is 0 Å². The smallest absolute Gasteiger partial charge is 0.297 e. The van der Waals surface area contributed by atoms with Crippen molar-refractivity contribution in [3.63, 3.8) is 0 Å². The molecule has 1 amide bonds. The molecule has 0 aliphatic carbocycles. The lowest BCUT2D eigenvalue weighted by molar-refractivity contribution is -0.302. The van der Waals surface area contributed by atoms with Gasteiger partial charge in [0.05, 0.1) is 19.3 Å². The van der Waals surface area contributed by atoms with E-state index in [0.717, 1.165) is 0 Å². The lowest BCUT2D eigenvalue weighted by atomic mass is 9.99.